The Labute approximate surface area is 162 Å². The van der Waals surface area contributed by atoms with Gasteiger partial charge in [0.05, 0.1) is 0 Å². The van der Waals surface area contributed by atoms with Gasteiger partial charge in [-0.15, -0.1) is 0 Å². The molecule has 1 amide bonds. The third-order valence-corrected chi connectivity index (χ3v) is 6.13. The van der Waals surface area contributed by atoms with Crippen LogP contribution in [0.25, 0.3) is 0 Å². The summed E-state index contributed by atoms with van der Waals surface area (Å²) in [7, 11) is 4.02. The highest BCUT2D eigenvalue weighted by Gasteiger charge is 2.29. The number of carbonyl (C=O) groups excluding carboxylic acids is 1. The number of amides is 1. The summed E-state index contributed by atoms with van der Waals surface area (Å²) in [6.45, 7) is 2.70. The summed E-state index contributed by atoms with van der Waals surface area (Å²) in [4.78, 5) is 21.7. The van der Waals surface area contributed by atoms with E-state index in [-0.39, 0.29) is 5.91 Å². The van der Waals surface area contributed by atoms with Crippen LogP contribution in [0.2, 0.25) is 0 Å². The zero-order valence-corrected chi connectivity index (χ0v) is 16.5. The van der Waals surface area contributed by atoms with Crippen molar-refractivity contribution < 1.29 is 4.79 Å². The van der Waals surface area contributed by atoms with E-state index in [2.05, 4.69) is 15.7 Å². The molecule has 1 atom stereocenters. The maximum absolute atomic E-state index is 13.0. The SMILES string of the molecule is CN(C)c1ccc(C(=O)N2CCCC(c3nccn3CC3CCC3)C2)cc1. The van der Waals surface area contributed by atoms with E-state index in [1.54, 1.807) is 0 Å². The minimum absolute atomic E-state index is 0.141. The number of aromatic nitrogens is 2. The second-order valence-electron chi connectivity index (χ2n) is 8.27. The molecule has 1 saturated heterocycles. The monoisotopic (exact) mass is 366 g/mol. The maximum Gasteiger partial charge on any atom is 0.253 e. The van der Waals surface area contributed by atoms with Crippen LogP contribution in [0, 0.1) is 5.92 Å². The van der Waals surface area contributed by atoms with Gasteiger partial charge in [-0.05, 0) is 55.9 Å². The summed E-state index contributed by atoms with van der Waals surface area (Å²) in [5.74, 6) is 2.47. The molecule has 2 aromatic rings. The number of hydrogen-bond donors (Lipinski definition) is 0. The average molecular weight is 367 g/mol. The van der Waals surface area contributed by atoms with Crippen LogP contribution in [0.4, 0.5) is 5.69 Å². The fourth-order valence-corrected chi connectivity index (χ4v) is 4.25. The van der Waals surface area contributed by atoms with Crippen molar-refractivity contribution >= 4 is 11.6 Å². The molecule has 1 aromatic heterocycles. The minimum Gasteiger partial charge on any atom is -0.378 e. The topological polar surface area (TPSA) is 41.4 Å². The Balaban J connectivity index is 1.45. The van der Waals surface area contributed by atoms with Crippen molar-refractivity contribution in [1.82, 2.24) is 14.5 Å². The number of piperidine rings is 1. The zero-order valence-electron chi connectivity index (χ0n) is 16.5. The van der Waals surface area contributed by atoms with Gasteiger partial charge in [0.15, 0.2) is 0 Å². The van der Waals surface area contributed by atoms with E-state index in [1.165, 1.54) is 25.1 Å². The molecule has 0 radical (unpaired) electrons. The van der Waals surface area contributed by atoms with Crippen LogP contribution >= 0.6 is 0 Å². The van der Waals surface area contributed by atoms with E-state index < -0.39 is 0 Å². The third-order valence-electron chi connectivity index (χ3n) is 6.13. The second-order valence-corrected chi connectivity index (χ2v) is 8.27. The van der Waals surface area contributed by atoms with Crippen molar-refractivity contribution in [3.05, 3.63) is 48.0 Å². The Morgan fingerprint density at radius 2 is 1.93 bits per heavy atom. The first-order chi connectivity index (χ1) is 13.1. The highest BCUT2D eigenvalue weighted by atomic mass is 16.2. The number of rotatable bonds is 5. The van der Waals surface area contributed by atoms with Crippen LogP contribution in [0.5, 0.6) is 0 Å². The molecule has 2 fully saturated rings. The van der Waals surface area contributed by atoms with Crippen molar-refractivity contribution in [1.29, 1.82) is 0 Å². The van der Waals surface area contributed by atoms with Crippen molar-refractivity contribution in [3.8, 4) is 0 Å². The molecule has 27 heavy (non-hydrogen) atoms. The molecule has 4 rings (SSSR count). The third kappa shape index (κ3) is 3.87. The quantitative estimate of drug-likeness (QED) is 0.809. The van der Waals surface area contributed by atoms with E-state index in [0.717, 1.165) is 49.6 Å². The number of imidazole rings is 1. The second kappa shape index (κ2) is 7.75. The molecule has 1 aliphatic carbocycles. The van der Waals surface area contributed by atoms with Crippen molar-refractivity contribution in [2.45, 2.75) is 44.6 Å². The van der Waals surface area contributed by atoms with Crippen LogP contribution in [0.3, 0.4) is 0 Å². The summed E-state index contributed by atoms with van der Waals surface area (Å²) in [6, 6.07) is 7.91. The van der Waals surface area contributed by atoms with E-state index in [0.29, 0.717) is 5.92 Å². The Morgan fingerprint density at radius 1 is 1.15 bits per heavy atom. The standard InChI is InChI=1S/C22H30N4O/c1-24(2)20-10-8-18(9-11-20)22(27)26-13-4-7-19(16-26)21-23-12-14-25(21)15-17-5-3-6-17/h8-12,14,17,19H,3-7,13,15-16H2,1-2H3. The van der Waals surface area contributed by atoms with Gasteiger partial charge in [-0.25, -0.2) is 4.98 Å². The number of anilines is 1. The van der Waals surface area contributed by atoms with Gasteiger partial charge in [-0.2, -0.15) is 0 Å². The Kier molecular flexibility index (Phi) is 5.19. The van der Waals surface area contributed by atoms with E-state index in [1.807, 2.05) is 54.4 Å². The molecular weight excluding hydrogens is 336 g/mol. The van der Waals surface area contributed by atoms with Crippen LogP contribution in [-0.4, -0.2) is 47.5 Å². The summed E-state index contributed by atoms with van der Waals surface area (Å²) in [5.41, 5.74) is 1.89. The first-order valence-electron chi connectivity index (χ1n) is 10.2. The molecule has 0 N–H and O–H groups in total. The van der Waals surface area contributed by atoms with E-state index >= 15 is 0 Å². The fraction of sp³-hybridized carbons (Fsp3) is 0.545. The van der Waals surface area contributed by atoms with Crippen molar-refractivity contribution in [3.63, 3.8) is 0 Å². The Bertz CT molecular complexity index is 776. The summed E-state index contributed by atoms with van der Waals surface area (Å²) in [5, 5.41) is 0. The predicted octanol–water partition coefficient (Wildman–Crippen LogP) is 3.77. The summed E-state index contributed by atoms with van der Waals surface area (Å²) < 4.78 is 2.34. The van der Waals surface area contributed by atoms with Crippen LogP contribution < -0.4 is 4.90 Å². The number of nitrogens with zero attached hydrogens (tertiary/aromatic N) is 4. The molecule has 5 nitrogen and oxygen atoms in total. The number of benzene rings is 1. The van der Waals surface area contributed by atoms with Crippen LogP contribution in [0.1, 0.15) is 54.2 Å². The number of hydrogen-bond acceptors (Lipinski definition) is 3. The lowest BCUT2D eigenvalue weighted by molar-refractivity contribution is 0.0702. The molecular formula is C22H30N4O. The van der Waals surface area contributed by atoms with Gasteiger partial charge in [-0.1, -0.05) is 6.42 Å². The van der Waals surface area contributed by atoms with Crippen molar-refractivity contribution in [2.75, 3.05) is 32.1 Å². The van der Waals surface area contributed by atoms with Crippen molar-refractivity contribution in [2.24, 2.45) is 5.92 Å². The molecule has 144 valence electrons. The molecule has 1 aromatic carbocycles. The molecule has 0 spiro atoms. The lowest BCUT2D eigenvalue weighted by Crippen LogP contribution is -2.40. The first-order valence-corrected chi connectivity index (χ1v) is 10.2. The normalized spacial score (nSPS) is 20.4. The van der Waals surface area contributed by atoms with Crippen LogP contribution in [-0.2, 0) is 6.54 Å². The molecule has 1 saturated carbocycles. The number of carbonyl (C=O) groups is 1. The summed E-state index contributed by atoms with van der Waals surface area (Å²) >= 11 is 0. The van der Waals surface area contributed by atoms with Gasteiger partial charge in [-0.3, -0.25) is 4.79 Å². The number of likely N-dealkylation sites (tertiary alicyclic amines) is 1. The summed E-state index contributed by atoms with van der Waals surface area (Å²) in [6.07, 6.45) is 10.3. The Morgan fingerprint density at radius 3 is 2.59 bits per heavy atom. The van der Waals surface area contributed by atoms with Crippen LogP contribution in [0.15, 0.2) is 36.7 Å². The largest absolute Gasteiger partial charge is 0.378 e. The van der Waals surface area contributed by atoms with Gasteiger partial charge in [0.2, 0.25) is 0 Å². The lowest BCUT2D eigenvalue weighted by atomic mass is 9.85. The fourth-order valence-electron chi connectivity index (χ4n) is 4.25. The highest BCUT2D eigenvalue weighted by Crippen LogP contribution is 2.31. The van der Waals surface area contributed by atoms with Gasteiger partial charge in [0.1, 0.15) is 5.82 Å². The smallest absolute Gasteiger partial charge is 0.253 e. The molecule has 1 unspecified atom stereocenters. The van der Waals surface area contributed by atoms with Gasteiger partial charge in [0.25, 0.3) is 5.91 Å². The van der Waals surface area contributed by atoms with E-state index in [9.17, 15) is 4.79 Å². The molecule has 2 aliphatic rings. The van der Waals surface area contributed by atoms with E-state index in [4.69, 9.17) is 0 Å². The molecule has 5 heteroatoms. The highest BCUT2D eigenvalue weighted by molar-refractivity contribution is 5.94. The average Bonchev–Trinajstić information content (AvgIpc) is 3.13. The van der Waals surface area contributed by atoms with Gasteiger partial charge < -0.3 is 14.4 Å². The van der Waals surface area contributed by atoms with Gasteiger partial charge in [0, 0.05) is 63.3 Å². The molecule has 0 bridgehead atoms. The predicted molar refractivity (Wildman–Crippen MR) is 108 cm³/mol. The molecule has 1 aliphatic heterocycles. The first kappa shape index (κ1) is 18.1. The Hall–Kier alpha value is -2.30. The minimum atomic E-state index is 0.141. The zero-order chi connectivity index (χ0) is 18.8. The van der Waals surface area contributed by atoms with Gasteiger partial charge >= 0.3 is 0 Å². The maximum atomic E-state index is 13.0. The molecule has 2 heterocycles. The lowest BCUT2D eigenvalue weighted by Gasteiger charge is -2.34.